The van der Waals surface area contributed by atoms with Crippen LogP contribution >= 0.6 is 0 Å². The molecule has 0 radical (unpaired) electrons. The Kier molecular flexibility index (Phi) is 4.64. The standard InChI is InChI=1S/C7H13N3.CH4.H2/c1-10-4-2-3-7(5-10)9-6-8;;/h7,9H,2-5H2,1H3;1H4;1H. The summed E-state index contributed by atoms with van der Waals surface area (Å²) in [6, 6.07) is 0.392. The fourth-order valence-corrected chi connectivity index (χ4v) is 1.38. The Bertz CT molecular complexity index is 144. The van der Waals surface area contributed by atoms with Gasteiger partial charge in [-0.15, -0.1) is 0 Å². The van der Waals surface area contributed by atoms with E-state index in [0.717, 1.165) is 13.0 Å². The Morgan fingerprint density at radius 3 is 3.00 bits per heavy atom. The van der Waals surface area contributed by atoms with Crippen molar-refractivity contribution in [3.05, 3.63) is 0 Å². The van der Waals surface area contributed by atoms with Crippen molar-refractivity contribution in [3.63, 3.8) is 0 Å². The van der Waals surface area contributed by atoms with E-state index >= 15 is 0 Å². The van der Waals surface area contributed by atoms with Gasteiger partial charge in [-0.25, -0.2) is 0 Å². The van der Waals surface area contributed by atoms with Gasteiger partial charge < -0.3 is 10.2 Å². The van der Waals surface area contributed by atoms with Gasteiger partial charge >= 0.3 is 0 Å². The predicted octanol–water partition coefficient (Wildman–Crippen LogP) is 1.03. The molecule has 1 fully saturated rings. The second-order valence-corrected chi connectivity index (χ2v) is 2.86. The molecule has 1 unspecified atom stereocenters. The zero-order chi connectivity index (χ0) is 7.40. The van der Waals surface area contributed by atoms with Crippen molar-refractivity contribution in [1.29, 1.82) is 5.26 Å². The van der Waals surface area contributed by atoms with Gasteiger partial charge in [-0.1, -0.05) is 7.43 Å². The van der Waals surface area contributed by atoms with Crippen molar-refractivity contribution in [2.45, 2.75) is 26.3 Å². The molecule has 3 nitrogen and oxygen atoms in total. The fraction of sp³-hybridized carbons (Fsp3) is 0.875. The van der Waals surface area contributed by atoms with Gasteiger partial charge in [0, 0.05) is 14.0 Å². The summed E-state index contributed by atoms with van der Waals surface area (Å²) in [6.07, 6.45) is 4.32. The topological polar surface area (TPSA) is 39.1 Å². The highest BCUT2D eigenvalue weighted by Crippen LogP contribution is 2.06. The molecule has 1 aliphatic heterocycles. The first-order valence-corrected chi connectivity index (χ1v) is 3.66. The van der Waals surface area contributed by atoms with Crippen LogP contribution in [0.4, 0.5) is 0 Å². The molecule has 0 aromatic heterocycles. The molecule has 0 amide bonds. The summed E-state index contributed by atoms with van der Waals surface area (Å²) >= 11 is 0. The summed E-state index contributed by atoms with van der Waals surface area (Å²) in [7, 11) is 2.09. The largest absolute Gasteiger partial charge is 0.319 e. The van der Waals surface area contributed by atoms with Crippen LogP contribution in [0.5, 0.6) is 0 Å². The van der Waals surface area contributed by atoms with E-state index in [2.05, 4.69) is 17.3 Å². The number of nitriles is 1. The monoisotopic (exact) mass is 157 g/mol. The molecule has 0 aliphatic carbocycles. The number of nitrogens with one attached hydrogen (secondary N) is 1. The lowest BCUT2D eigenvalue weighted by molar-refractivity contribution is 0.239. The molecule has 1 saturated heterocycles. The van der Waals surface area contributed by atoms with Gasteiger partial charge in [0.1, 0.15) is 0 Å². The highest BCUT2D eigenvalue weighted by atomic mass is 15.1. The van der Waals surface area contributed by atoms with Crippen LogP contribution in [0.3, 0.4) is 0 Å². The van der Waals surface area contributed by atoms with E-state index < -0.39 is 0 Å². The minimum Gasteiger partial charge on any atom is -0.319 e. The van der Waals surface area contributed by atoms with Crippen molar-refractivity contribution < 1.29 is 1.43 Å². The Hall–Kier alpha value is -0.750. The first-order chi connectivity index (χ1) is 4.83. The summed E-state index contributed by atoms with van der Waals surface area (Å²) in [5.74, 6) is 0. The molecule has 0 saturated carbocycles. The lowest BCUT2D eigenvalue weighted by atomic mass is 10.1. The van der Waals surface area contributed by atoms with E-state index in [-0.39, 0.29) is 8.85 Å². The Labute approximate surface area is 70.5 Å². The third kappa shape index (κ3) is 3.24. The summed E-state index contributed by atoms with van der Waals surface area (Å²) in [5, 5.41) is 11.1. The lowest BCUT2D eigenvalue weighted by Crippen LogP contribution is -2.42. The third-order valence-electron chi connectivity index (χ3n) is 1.89. The Morgan fingerprint density at radius 1 is 1.73 bits per heavy atom. The highest BCUT2D eigenvalue weighted by Gasteiger charge is 2.15. The van der Waals surface area contributed by atoms with E-state index in [4.69, 9.17) is 5.26 Å². The van der Waals surface area contributed by atoms with Gasteiger partial charge in [-0.05, 0) is 26.4 Å². The van der Waals surface area contributed by atoms with E-state index in [1.54, 1.807) is 0 Å². The molecule has 0 aromatic rings. The van der Waals surface area contributed by atoms with Gasteiger partial charge in [0.25, 0.3) is 0 Å². The zero-order valence-electron chi connectivity index (χ0n) is 6.30. The van der Waals surface area contributed by atoms with Crippen LogP contribution in [0.15, 0.2) is 0 Å². The van der Waals surface area contributed by atoms with Gasteiger partial charge in [0.15, 0.2) is 6.19 Å². The van der Waals surface area contributed by atoms with Crippen LogP contribution < -0.4 is 5.32 Å². The summed E-state index contributed by atoms with van der Waals surface area (Å²) in [6.45, 7) is 2.18. The molecular weight excluding hydrogens is 138 g/mol. The van der Waals surface area contributed by atoms with Crippen LogP contribution in [-0.4, -0.2) is 31.1 Å². The fourth-order valence-electron chi connectivity index (χ4n) is 1.38. The number of likely N-dealkylation sites (N-methyl/N-ethyl adjacent to an activating group) is 1. The molecule has 0 aromatic carbocycles. The van der Waals surface area contributed by atoms with Crippen molar-refractivity contribution in [1.82, 2.24) is 10.2 Å². The average Bonchev–Trinajstić information content (AvgIpc) is 1.88. The zero-order valence-corrected chi connectivity index (χ0v) is 6.30. The molecule has 1 aliphatic rings. The van der Waals surface area contributed by atoms with Crippen molar-refractivity contribution in [2.75, 3.05) is 20.1 Å². The van der Waals surface area contributed by atoms with E-state index in [0.29, 0.717) is 6.04 Å². The quantitative estimate of drug-likeness (QED) is 0.456. The van der Waals surface area contributed by atoms with Crippen LogP contribution in [0.1, 0.15) is 21.7 Å². The summed E-state index contributed by atoms with van der Waals surface area (Å²) < 4.78 is 0. The summed E-state index contributed by atoms with van der Waals surface area (Å²) in [4.78, 5) is 2.25. The van der Waals surface area contributed by atoms with Crippen LogP contribution in [0.2, 0.25) is 0 Å². The molecule has 1 rings (SSSR count). The Balaban J connectivity index is 0. The van der Waals surface area contributed by atoms with Gasteiger partial charge in [-0.3, -0.25) is 0 Å². The summed E-state index contributed by atoms with van der Waals surface area (Å²) in [5.41, 5.74) is 0. The van der Waals surface area contributed by atoms with Crippen LogP contribution in [-0.2, 0) is 0 Å². The number of hydrogen-bond donors (Lipinski definition) is 1. The molecule has 1 atom stereocenters. The minimum atomic E-state index is 0. The highest BCUT2D eigenvalue weighted by molar-refractivity contribution is 4.81. The molecule has 11 heavy (non-hydrogen) atoms. The van der Waals surface area contributed by atoms with Crippen LogP contribution in [0, 0.1) is 11.5 Å². The number of hydrogen-bond acceptors (Lipinski definition) is 3. The second-order valence-electron chi connectivity index (χ2n) is 2.86. The molecular formula is C8H19N3. The number of rotatable bonds is 1. The molecule has 0 spiro atoms. The molecule has 66 valence electrons. The molecule has 1 N–H and O–H groups in total. The van der Waals surface area contributed by atoms with Gasteiger partial charge in [-0.2, -0.15) is 5.26 Å². The maximum Gasteiger partial charge on any atom is 0.176 e. The maximum atomic E-state index is 8.33. The first-order valence-electron chi connectivity index (χ1n) is 3.66. The van der Waals surface area contributed by atoms with Gasteiger partial charge in [0.2, 0.25) is 0 Å². The van der Waals surface area contributed by atoms with Crippen molar-refractivity contribution >= 4 is 0 Å². The third-order valence-corrected chi connectivity index (χ3v) is 1.89. The van der Waals surface area contributed by atoms with E-state index in [9.17, 15) is 0 Å². The normalized spacial score (nSPS) is 24.9. The smallest absolute Gasteiger partial charge is 0.176 e. The number of likely N-dealkylation sites (tertiary alicyclic amines) is 1. The molecule has 1 heterocycles. The first kappa shape index (κ1) is 10.2. The SMILES string of the molecule is C.CN1CCCC(NC#N)C1.[HH]. The van der Waals surface area contributed by atoms with Crippen molar-refractivity contribution in [3.8, 4) is 6.19 Å². The Morgan fingerprint density at radius 2 is 2.45 bits per heavy atom. The predicted molar refractivity (Wildman–Crippen MR) is 48.1 cm³/mol. The molecule has 3 heteroatoms. The average molecular weight is 157 g/mol. The molecule has 0 bridgehead atoms. The van der Waals surface area contributed by atoms with Crippen molar-refractivity contribution in [2.24, 2.45) is 0 Å². The lowest BCUT2D eigenvalue weighted by Gasteiger charge is -2.28. The van der Waals surface area contributed by atoms with E-state index in [1.165, 1.54) is 13.0 Å². The minimum absolute atomic E-state index is 0. The number of nitrogens with zero attached hydrogens (tertiary/aromatic N) is 2. The van der Waals surface area contributed by atoms with Gasteiger partial charge in [0.05, 0.1) is 0 Å². The second kappa shape index (κ2) is 4.97. The maximum absolute atomic E-state index is 8.33. The van der Waals surface area contributed by atoms with Crippen LogP contribution in [0.25, 0.3) is 0 Å². The van der Waals surface area contributed by atoms with E-state index in [1.807, 2.05) is 6.19 Å². The number of piperidine rings is 1.